The van der Waals surface area contributed by atoms with E-state index in [1.165, 1.54) is 11.8 Å². The number of aliphatic imine (C=N–C) groups is 1. The first kappa shape index (κ1) is 15.3. The molecule has 0 saturated carbocycles. The number of halogens is 3. The van der Waals surface area contributed by atoms with Gasteiger partial charge in [-0.3, -0.25) is 0 Å². The van der Waals surface area contributed by atoms with Crippen molar-refractivity contribution in [3.8, 4) is 0 Å². The quantitative estimate of drug-likeness (QED) is 0.451. The Labute approximate surface area is 121 Å². The van der Waals surface area contributed by atoms with Gasteiger partial charge in [0.25, 0.3) is 0 Å². The lowest BCUT2D eigenvalue weighted by Crippen LogP contribution is -2.12. The number of hydrogen-bond donors (Lipinski definition) is 1. The van der Waals surface area contributed by atoms with E-state index in [-0.39, 0.29) is 24.0 Å². The van der Waals surface area contributed by atoms with Gasteiger partial charge in [0, 0.05) is 7.05 Å². The number of rotatable bonds is 1. The molecule has 0 aromatic heterocycles. The molecule has 84 valence electrons. The molecule has 0 aliphatic heterocycles. The van der Waals surface area contributed by atoms with Crippen molar-refractivity contribution in [1.29, 1.82) is 0 Å². The standard InChI is InChI=1S/C9H10Cl2N2S.HI/c1-12-9(14-2)13-6-3-4-7(10)8(11)5-6;/h3-5H,1-2H3,(H,12,13);1H. The summed E-state index contributed by atoms with van der Waals surface area (Å²) in [6.07, 6.45) is 1.95. The molecule has 0 aliphatic rings. The van der Waals surface area contributed by atoms with Crippen LogP contribution in [0.3, 0.4) is 0 Å². The van der Waals surface area contributed by atoms with Crippen molar-refractivity contribution in [2.45, 2.75) is 0 Å². The molecular formula is C9H11Cl2IN2S. The largest absolute Gasteiger partial charge is 0.368 e. The maximum atomic E-state index is 5.86. The second kappa shape index (κ2) is 7.60. The normalized spacial score (nSPS) is 10.8. The predicted molar refractivity (Wildman–Crippen MR) is 81.5 cm³/mol. The van der Waals surface area contributed by atoms with E-state index in [4.69, 9.17) is 23.2 Å². The second-order valence-corrected chi connectivity index (χ2v) is 4.08. The van der Waals surface area contributed by atoms with Crippen LogP contribution in [-0.4, -0.2) is 18.5 Å². The second-order valence-electron chi connectivity index (χ2n) is 2.47. The van der Waals surface area contributed by atoms with Gasteiger partial charge in [-0.25, -0.2) is 4.99 Å². The van der Waals surface area contributed by atoms with Gasteiger partial charge in [0.1, 0.15) is 0 Å². The SMILES string of the molecule is CN/C(=N/c1ccc(Cl)c(Cl)c1)SC.I. The van der Waals surface area contributed by atoms with Crippen LogP contribution < -0.4 is 5.32 Å². The molecule has 6 heteroatoms. The maximum Gasteiger partial charge on any atom is 0.161 e. The van der Waals surface area contributed by atoms with Crippen LogP contribution in [0.1, 0.15) is 0 Å². The van der Waals surface area contributed by atoms with Crippen molar-refractivity contribution in [2.75, 3.05) is 13.3 Å². The zero-order valence-electron chi connectivity index (χ0n) is 8.25. The van der Waals surface area contributed by atoms with E-state index in [1.54, 1.807) is 12.1 Å². The minimum atomic E-state index is 0. The minimum Gasteiger partial charge on any atom is -0.368 e. The fraction of sp³-hybridized carbons (Fsp3) is 0.222. The lowest BCUT2D eigenvalue weighted by Gasteiger charge is -2.02. The van der Waals surface area contributed by atoms with Crippen LogP contribution in [0.5, 0.6) is 0 Å². The number of nitrogens with one attached hydrogen (secondary N) is 1. The number of hydrogen-bond acceptors (Lipinski definition) is 2. The number of amidine groups is 1. The Morgan fingerprint density at radius 3 is 2.47 bits per heavy atom. The molecule has 1 aromatic rings. The van der Waals surface area contributed by atoms with Gasteiger partial charge in [0.15, 0.2) is 5.17 Å². The highest BCUT2D eigenvalue weighted by Crippen LogP contribution is 2.26. The monoisotopic (exact) mass is 376 g/mol. The minimum absolute atomic E-state index is 0. The average molecular weight is 377 g/mol. The summed E-state index contributed by atoms with van der Waals surface area (Å²) >= 11 is 13.2. The third kappa shape index (κ3) is 4.80. The van der Waals surface area contributed by atoms with Crippen LogP contribution in [0, 0.1) is 0 Å². The third-order valence-corrected chi connectivity index (χ3v) is 2.96. The Morgan fingerprint density at radius 1 is 1.33 bits per heavy atom. The van der Waals surface area contributed by atoms with E-state index in [9.17, 15) is 0 Å². The lowest BCUT2D eigenvalue weighted by atomic mass is 10.3. The van der Waals surface area contributed by atoms with E-state index in [0.29, 0.717) is 10.0 Å². The van der Waals surface area contributed by atoms with E-state index < -0.39 is 0 Å². The fourth-order valence-corrected chi connectivity index (χ4v) is 1.57. The van der Waals surface area contributed by atoms with Crippen molar-refractivity contribution < 1.29 is 0 Å². The molecule has 1 rings (SSSR count). The zero-order chi connectivity index (χ0) is 10.6. The molecule has 0 atom stereocenters. The van der Waals surface area contributed by atoms with Crippen LogP contribution in [0.25, 0.3) is 0 Å². The Bertz CT molecular complexity index is 352. The Balaban J connectivity index is 0.00000196. The highest BCUT2D eigenvalue weighted by atomic mass is 127. The van der Waals surface area contributed by atoms with Gasteiger partial charge < -0.3 is 5.32 Å². The van der Waals surface area contributed by atoms with E-state index in [1.807, 2.05) is 19.4 Å². The molecule has 0 spiro atoms. The van der Waals surface area contributed by atoms with Crippen molar-refractivity contribution in [2.24, 2.45) is 4.99 Å². The molecule has 0 aliphatic carbocycles. The first-order chi connectivity index (χ1) is 6.67. The lowest BCUT2D eigenvalue weighted by molar-refractivity contribution is 1.20. The van der Waals surface area contributed by atoms with Gasteiger partial charge in [-0.2, -0.15) is 0 Å². The van der Waals surface area contributed by atoms with Crippen LogP contribution in [0.4, 0.5) is 5.69 Å². The van der Waals surface area contributed by atoms with Gasteiger partial charge >= 0.3 is 0 Å². The van der Waals surface area contributed by atoms with E-state index in [2.05, 4.69) is 10.3 Å². The van der Waals surface area contributed by atoms with E-state index in [0.717, 1.165) is 10.9 Å². The predicted octanol–water partition coefficient (Wildman–Crippen LogP) is 4.18. The Hall–Kier alpha value is 0.350. The van der Waals surface area contributed by atoms with Gasteiger partial charge in [-0.1, -0.05) is 35.0 Å². The van der Waals surface area contributed by atoms with Crippen LogP contribution in [-0.2, 0) is 0 Å². The smallest absolute Gasteiger partial charge is 0.161 e. The molecule has 0 unspecified atom stereocenters. The van der Waals surface area contributed by atoms with E-state index >= 15 is 0 Å². The van der Waals surface area contributed by atoms with Gasteiger partial charge in [-0.05, 0) is 24.5 Å². The summed E-state index contributed by atoms with van der Waals surface area (Å²) in [6, 6.07) is 5.29. The van der Waals surface area contributed by atoms with Crippen molar-refractivity contribution in [3.05, 3.63) is 28.2 Å². The molecule has 15 heavy (non-hydrogen) atoms. The molecular weight excluding hydrogens is 366 g/mol. The van der Waals surface area contributed by atoms with Crippen LogP contribution in [0.2, 0.25) is 10.0 Å². The molecule has 0 bridgehead atoms. The molecule has 1 aromatic carbocycles. The highest BCUT2D eigenvalue weighted by molar-refractivity contribution is 14.0. The fourth-order valence-electron chi connectivity index (χ4n) is 0.875. The first-order valence-electron chi connectivity index (χ1n) is 3.93. The zero-order valence-corrected chi connectivity index (χ0v) is 12.9. The first-order valence-corrected chi connectivity index (χ1v) is 5.91. The van der Waals surface area contributed by atoms with Gasteiger partial charge in [0.05, 0.1) is 15.7 Å². The highest BCUT2D eigenvalue weighted by Gasteiger charge is 1.99. The topological polar surface area (TPSA) is 24.4 Å². The summed E-state index contributed by atoms with van der Waals surface area (Å²) < 4.78 is 0. The summed E-state index contributed by atoms with van der Waals surface area (Å²) in [5.41, 5.74) is 0.790. The van der Waals surface area contributed by atoms with Crippen molar-refractivity contribution in [1.82, 2.24) is 5.32 Å². The average Bonchev–Trinajstić information content (AvgIpc) is 2.19. The Kier molecular flexibility index (Phi) is 7.77. The summed E-state index contributed by atoms with van der Waals surface area (Å²) in [5, 5.41) is 4.87. The summed E-state index contributed by atoms with van der Waals surface area (Å²) in [6.45, 7) is 0. The molecule has 1 N–H and O–H groups in total. The van der Waals surface area contributed by atoms with Gasteiger partial charge in [0.2, 0.25) is 0 Å². The number of thioether (sulfide) groups is 1. The molecule has 0 saturated heterocycles. The third-order valence-electron chi connectivity index (χ3n) is 1.54. The van der Waals surface area contributed by atoms with Crippen LogP contribution in [0.15, 0.2) is 23.2 Å². The Morgan fingerprint density at radius 2 is 2.00 bits per heavy atom. The molecule has 0 fully saturated rings. The summed E-state index contributed by atoms with van der Waals surface area (Å²) in [7, 11) is 1.83. The summed E-state index contributed by atoms with van der Waals surface area (Å²) in [4.78, 5) is 4.32. The molecule has 0 heterocycles. The molecule has 2 nitrogen and oxygen atoms in total. The van der Waals surface area contributed by atoms with Crippen LogP contribution >= 0.6 is 58.9 Å². The summed E-state index contributed by atoms with van der Waals surface area (Å²) in [5.74, 6) is 0. The van der Waals surface area contributed by atoms with Gasteiger partial charge in [-0.15, -0.1) is 24.0 Å². The number of nitrogens with zero attached hydrogens (tertiary/aromatic N) is 1. The van der Waals surface area contributed by atoms with Crippen molar-refractivity contribution in [3.63, 3.8) is 0 Å². The molecule has 0 amide bonds. The molecule has 0 radical (unpaired) electrons. The maximum absolute atomic E-state index is 5.86. The number of benzene rings is 1. The van der Waals surface area contributed by atoms with Crippen molar-refractivity contribution >= 4 is 69.8 Å².